The van der Waals surface area contributed by atoms with Crippen molar-refractivity contribution in [3.8, 4) is 0 Å². The van der Waals surface area contributed by atoms with Gasteiger partial charge in [0, 0.05) is 38.4 Å². The summed E-state index contributed by atoms with van der Waals surface area (Å²) in [5, 5.41) is 2.66. The molecule has 1 amide bonds. The first kappa shape index (κ1) is 13.2. The van der Waals surface area contributed by atoms with Crippen molar-refractivity contribution in [2.45, 2.75) is 38.6 Å². The summed E-state index contributed by atoms with van der Waals surface area (Å²) in [5.41, 5.74) is 0. The van der Waals surface area contributed by atoms with E-state index >= 15 is 0 Å². The van der Waals surface area contributed by atoms with Crippen LogP contribution in [0.5, 0.6) is 0 Å². The summed E-state index contributed by atoms with van der Waals surface area (Å²) in [4.78, 5) is 24.7. The fourth-order valence-corrected chi connectivity index (χ4v) is 2.28. The molecule has 0 aromatic heterocycles. The Morgan fingerprint density at radius 2 is 2.06 bits per heavy atom. The summed E-state index contributed by atoms with van der Waals surface area (Å²) in [6, 6.07) is 0.463. The van der Waals surface area contributed by atoms with Gasteiger partial charge in [-0.2, -0.15) is 0 Å². The number of carbonyl (C=O) groups excluding carboxylic acids is 2. The highest BCUT2D eigenvalue weighted by Crippen LogP contribution is 2.20. The number of Topliss-reactive ketones (excluding diaryl/α,β-unsaturated/α-hetero) is 1. The lowest BCUT2D eigenvalue weighted by Crippen LogP contribution is -2.41. The van der Waals surface area contributed by atoms with Crippen molar-refractivity contribution in [2.75, 3.05) is 20.6 Å². The predicted octanol–water partition coefficient (Wildman–Crippen LogP) is 0.812. The van der Waals surface area contributed by atoms with E-state index in [9.17, 15) is 9.59 Å². The molecule has 16 heavy (non-hydrogen) atoms. The zero-order valence-electron chi connectivity index (χ0n) is 10.5. The zero-order chi connectivity index (χ0) is 12.1. The number of nitrogens with one attached hydrogen (secondary N) is 1. The Labute approximate surface area is 97.4 Å². The Kier molecular flexibility index (Phi) is 4.93. The molecule has 1 saturated carbocycles. The minimum atomic E-state index is 0.00706. The summed E-state index contributed by atoms with van der Waals surface area (Å²) in [6.07, 6.45) is 3.28. The monoisotopic (exact) mass is 226 g/mol. The van der Waals surface area contributed by atoms with Crippen molar-refractivity contribution in [3.63, 3.8) is 0 Å². The minimum Gasteiger partial charge on any atom is -0.359 e. The maximum atomic E-state index is 11.4. The van der Waals surface area contributed by atoms with Gasteiger partial charge in [-0.3, -0.25) is 9.59 Å². The van der Waals surface area contributed by atoms with Crippen LogP contribution in [0.2, 0.25) is 0 Å². The Morgan fingerprint density at radius 3 is 2.56 bits per heavy atom. The van der Waals surface area contributed by atoms with E-state index < -0.39 is 0 Å². The molecule has 1 unspecified atom stereocenters. The molecule has 1 atom stereocenters. The van der Waals surface area contributed by atoms with Crippen LogP contribution in [0.25, 0.3) is 0 Å². The summed E-state index contributed by atoms with van der Waals surface area (Å²) in [6.45, 7) is 2.70. The van der Waals surface area contributed by atoms with Crippen LogP contribution in [-0.4, -0.2) is 43.3 Å². The number of carbonyl (C=O) groups is 2. The van der Waals surface area contributed by atoms with Gasteiger partial charge >= 0.3 is 0 Å². The lowest BCUT2D eigenvalue weighted by atomic mass is 9.93. The Balaban J connectivity index is 2.37. The molecule has 92 valence electrons. The number of hydrogen-bond acceptors (Lipinski definition) is 3. The van der Waals surface area contributed by atoms with Gasteiger partial charge in [0.1, 0.15) is 5.78 Å². The van der Waals surface area contributed by atoms with E-state index in [4.69, 9.17) is 0 Å². The highest BCUT2D eigenvalue weighted by Gasteiger charge is 2.24. The molecule has 1 aliphatic carbocycles. The van der Waals surface area contributed by atoms with E-state index in [2.05, 4.69) is 10.2 Å². The average molecular weight is 226 g/mol. The van der Waals surface area contributed by atoms with Crippen LogP contribution in [0.4, 0.5) is 0 Å². The largest absolute Gasteiger partial charge is 0.359 e. The van der Waals surface area contributed by atoms with Gasteiger partial charge in [0.15, 0.2) is 0 Å². The first-order valence-electron chi connectivity index (χ1n) is 5.98. The standard InChI is InChI=1S/C12H22N2O2/c1-9(12(16)13-2)8-14(3)10-4-6-11(15)7-5-10/h9-10H,4-8H2,1-3H3,(H,13,16). The van der Waals surface area contributed by atoms with Crippen LogP contribution >= 0.6 is 0 Å². The van der Waals surface area contributed by atoms with E-state index in [0.717, 1.165) is 19.4 Å². The fourth-order valence-electron chi connectivity index (χ4n) is 2.28. The summed E-state index contributed by atoms with van der Waals surface area (Å²) >= 11 is 0. The minimum absolute atomic E-state index is 0.00706. The number of amides is 1. The molecule has 4 heteroatoms. The molecule has 1 fully saturated rings. The Hall–Kier alpha value is -0.900. The average Bonchev–Trinajstić information content (AvgIpc) is 2.28. The molecule has 1 aliphatic rings. The molecule has 0 saturated heterocycles. The van der Waals surface area contributed by atoms with E-state index in [1.165, 1.54) is 0 Å². The molecule has 0 aliphatic heterocycles. The van der Waals surface area contributed by atoms with E-state index in [-0.39, 0.29) is 11.8 Å². The molecular weight excluding hydrogens is 204 g/mol. The molecule has 1 N–H and O–H groups in total. The van der Waals surface area contributed by atoms with Crippen LogP contribution < -0.4 is 5.32 Å². The first-order valence-corrected chi connectivity index (χ1v) is 5.98. The molecule has 1 rings (SSSR count). The third-order valence-corrected chi connectivity index (χ3v) is 3.39. The molecule has 0 bridgehead atoms. The Morgan fingerprint density at radius 1 is 1.50 bits per heavy atom. The summed E-state index contributed by atoms with van der Waals surface area (Å²) in [7, 11) is 3.71. The normalized spacial score (nSPS) is 19.9. The second-order valence-electron chi connectivity index (χ2n) is 4.72. The molecule has 0 spiro atoms. The van der Waals surface area contributed by atoms with Crippen molar-refractivity contribution in [1.82, 2.24) is 10.2 Å². The van der Waals surface area contributed by atoms with Crippen LogP contribution in [0.1, 0.15) is 32.6 Å². The topological polar surface area (TPSA) is 49.4 Å². The van der Waals surface area contributed by atoms with Gasteiger partial charge in [0.25, 0.3) is 0 Å². The SMILES string of the molecule is CNC(=O)C(C)CN(C)C1CCC(=O)CC1. The highest BCUT2D eigenvalue weighted by molar-refractivity contribution is 5.79. The number of ketones is 1. The maximum absolute atomic E-state index is 11.4. The van der Waals surface area contributed by atoms with Crippen molar-refractivity contribution < 1.29 is 9.59 Å². The quantitative estimate of drug-likeness (QED) is 0.772. The third-order valence-electron chi connectivity index (χ3n) is 3.39. The number of hydrogen-bond donors (Lipinski definition) is 1. The van der Waals surface area contributed by atoms with E-state index in [1.54, 1.807) is 7.05 Å². The van der Waals surface area contributed by atoms with Gasteiger partial charge in [-0.05, 0) is 19.9 Å². The zero-order valence-corrected chi connectivity index (χ0v) is 10.5. The van der Waals surface area contributed by atoms with Gasteiger partial charge in [0.2, 0.25) is 5.91 Å². The van der Waals surface area contributed by atoms with Crippen molar-refractivity contribution >= 4 is 11.7 Å². The van der Waals surface area contributed by atoms with Crippen LogP contribution in [0.3, 0.4) is 0 Å². The molecule has 0 aromatic carbocycles. The number of rotatable bonds is 4. The molecule has 4 nitrogen and oxygen atoms in total. The lowest BCUT2D eigenvalue weighted by molar-refractivity contribution is -0.125. The van der Waals surface area contributed by atoms with Gasteiger partial charge in [-0.1, -0.05) is 6.92 Å². The molecule has 0 heterocycles. The molecule has 0 radical (unpaired) electrons. The smallest absolute Gasteiger partial charge is 0.223 e. The summed E-state index contributed by atoms with van der Waals surface area (Å²) in [5.74, 6) is 0.468. The Bertz CT molecular complexity index is 256. The van der Waals surface area contributed by atoms with Gasteiger partial charge in [-0.15, -0.1) is 0 Å². The van der Waals surface area contributed by atoms with Crippen molar-refractivity contribution in [2.24, 2.45) is 5.92 Å². The maximum Gasteiger partial charge on any atom is 0.223 e. The fraction of sp³-hybridized carbons (Fsp3) is 0.833. The molecular formula is C12H22N2O2. The summed E-state index contributed by atoms with van der Waals surface area (Å²) < 4.78 is 0. The second kappa shape index (κ2) is 5.99. The molecule has 0 aromatic rings. The lowest BCUT2D eigenvalue weighted by Gasteiger charge is -2.32. The van der Waals surface area contributed by atoms with Crippen LogP contribution in [0, 0.1) is 5.92 Å². The highest BCUT2D eigenvalue weighted by atomic mass is 16.1. The van der Waals surface area contributed by atoms with E-state index in [1.807, 2.05) is 14.0 Å². The predicted molar refractivity (Wildman–Crippen MR) is 63.1 cm³/mol. The first-order chi connectivity index (χ1) is 7.54. The van der Waals surface area contributed by atoms with Gasteiger partial charge in [0.05, 0.1) is 0 Å². The van der Waals surface area contributed by atoms with E-state index in [0.29, 0.717) is 24.7 Å². The van der Waals surface area contributed by atoms with Crippen molar-refractivity contribution in [3.05, 3.63) is 0 Å². The van der Waals surface area contributed by atoms with Crippen LogP contribution in [-0.2, 0) is 9.59 Å². The van der Waals surface area contributed by atoms with Gasteiger partial charge < -0.3 is 10.2 Å². The third kappa shape index (κ3) is 3.59. The van der Waals surface area contributed by atoms with Gasteiger partial charge in [-0.25, -0.2) is 0 Å². The second-order valence-corrected chi connectivity index (χ2v) is 4.72. The number of nitrogens with zero attached hydrogens (tertiary/aromatic N) is 1. The van der Waals surface area contributed by atoms with Crippen LogP contribution in [0.15, 0.2) is 0 Å². The van der Waals surface area contributed by atoms with Crippen molar-refractivity contribution in [1.29, 1.82) is 0 Å².